The Labute approximate surface area is 161 Å². The molecule has 0 amide bonds. The molecule has 0 atom stereocenters. The van der Waals surface area contributed by atoms with Crippen molar-refractivity contribution in [3.05, 3.63) is 0 Å². The van der Waals surface area contributed by atoms with Gasteiger partial charge in [0.05, 0.1) is 0 Å². The molecule has 0 aliphatic carbocycles. The predicted octanol–water partition coefficient (Wildman–Crippen LogP) is -1.82. The van der Waals surface area contributed by atoms with Crippen molar-refractivity contribution < 1.29 is 56.5 Å². The minimum absolute atomic E-state index is 0. The third kappa shape index (κ3) is 5.66. The third-order valence-corrected chi connectivity index (χ3v) is 5.00. The predicted molar refractivity (Wildman–Crippen MR) is 73.5 cm³/mol. The van der Waals surface area contributed by atoms with Crippen LogP contribution in [0.1, 0.15) is 39.5 Å². The van der Waals surface area contributed by atoms with E-state index in [0.717, 1.165) is 37.5 Å². The van der Waals surface area contributed by atoms with Gasteiger partial charge in [0.25, 0.3) is 0 Å². The van der Waals surface area contributed by atoms with Gasteiger partial charge in [0.2, 0.25) is 0 Å². The second kappa shape index (κ2) is 9.52. The maximum Gasteiger partial charge on any atom is 1.00 e. The molecule has 0 aromatic carbocycles. The number of nitrogens with zero attached hydrogens (tertiary/aromatic N) is 2. The van der Waals surface area contributed by atoms with Crippen molar-refractivity contribution in [1.29, 1.82) is 0 Å². The summed E-state index contributed by atoms with van der Waals surface area (Å²) in [5.74, 6) is 1.80. The van der Waals surface area contributed by atoms with Gasteiger partial charge in [-0.2, -0.15) is 0 Å². The van der Waals surface area contributed by atoms with E-state index in [0.29, 0.717) is 0 Å². The van der Waals surface area contributed by atoms with Gasteiger partial charge in [0, 0.05) is 6.04 Å². The molecule has 2 fully saturated rings. The molecule has 3 nitrogen and oxygen atoms in total. The molecule has 0 spiro atoms. The van der Waals surface area contributed by atoms with Crippen LogP contribution in [-0.4, -0.2) is 55.2 Å². The summed E-state index contributed by atoms with van der Waals surface area (Å²) in [5, 5.41) is 10.6. The molecule has 4 heteroatoms. The minimum Gasteiger partial charge on any atom is -0.854 e. The Balaban J connectivity index is 0.00000180. The molecular weight excluding hydrogens is 263 g/mol. The number of rotatable bonds is 4. The average Bonchev–Trinajstić information content (AvgIpc) is 2.40. The van der Waals surface area contributed by atoms with Crippen LogP contribution in [0.2, 0.25) is 0 Å². The molecular formula is C15H29KN2O. The zero-order valence-corrected chi connectivity index (χ0v) is 16.2. The molecule has 2 saturated heterocycles. The minimum atomic E-state index is 0. The van der Waals surface area contributed by atoms with E-state index in [-0.39, 0.29) is 58.0 Å². The van der Waals surface area contributed by atoms with Crippen molar-refractivity contribution in [2.24, 2.45) is 11.8 Å². The summed E-state index contributed by atoms with van der Waals surface area (Å²) in [5.41, 5.74) is 0. The van der Waals surface area contributed by atoms with Crippen LogP contribution in [0.5, 0.6) is 0 Å². The van der Waals surface area contributed by atoms with Gasteiger partial charge >= 0.3 is 51.4 Å². The van der Waals surface area contributed by atoms with Crippen molar-refractivity contribution in [2.75, 3.05) is 39.3 Å². The SMILES string of the molecule is CC(C)C1CCN(C2CCN(CC[O-])CC2)CC1.[K+]. The Morgan fingerprint density at radius 2 is 1.58 bits per heavy atom. The Hall–Kier alpha value is 1.52. The van der Waals surface area contributed by atoms with Crippen molar-refractivity contribution in [3.63, 3.8) is 0 Å². The fourth-order valence-corrected chi connectivity index (χ4v) is 3.59. The molecule has 0 radical (unpaired) electrons. The van der Waals surface area contributed by atoms with Gasteiger partial charge in [-0.1, -0.05) is 13.8 Å². The second-order valence-corrected chi connectivity index (χ2v) is 6.39. The molecule has 0 aromatic rings. The van der Waals surface area contributed by atoms with Crippen molar-refractivity contribution >= 4 is 0 Å². The monoisotopic (exact) mass is 292 g/mol. The summed E-state index contributed by atoms with van der Waals surface area (Å²) in [7, 11) is 0. The molecule has 0 unspecified atom stereocenters. The molecule has 2 heterocycles. The Morgan fingerprint density at radius 3 is 2.05 bits per heavy atom. The van der Waals surface area contributed by atoms with E-state index in [1.165, 1.54) is 38.8 Å². The van der Waals surface area contributed by atoms with E-state index in [4.69, 9.17) is 0 Å². The molecule has 2 aliphatic heterocycles. The fourth-order valence-electron chi connectivity index (χ4n) is 3.59. The summed E-state index contributed by atoms with van der Waals surface area (Å²) in [4.78, 5) is 5.05. The topological polar surface area (TPSA) is 29.5 Å². The fraction of sp³-hybridized carbons (Fsp3) is 1.00. The van der Waals surface area contributed by atoms with E-state index in [1.54, 1.807) is 0 Å². The number of piperidine rings is 2. The Bertz CT molecular complexity index is 234. The van der Waals surface area contributed by atoms with Crippen LogP contribution < -0.4 is 56.5 Å². The molecule has 0 N–H and O–H groups in total. The molecule has 106 valence electrons. The van der Waals surface area contributed by atoms with Crippen LogP contribution in [0.3, 0.4) is 0 Å². The smallest absolute Gasteiger partial charge is 0.854 e. The second-order valence-electron chi connectivity index (χ2n) is 6.39. The quantitative estimate of drug-likeness (QED) is 0.572. The van der Waals surface area contributed by atoms with Crippen molar-refractivity contribution in [1.82, 2.24) is 9.80 Å². The Morgan fingerprint density at radius 1 is 1.00 bits per heavy atom. The van der Waals surface area contributed by atoms with Gasteiger partial charge in [0.15, 0.2) is 0 Å². The summed E-state index contributed by atoms with van der Waals surface area (Å²) in [6, 6.07) is 0.793. The van der Waals surface area contributed by atoms with Gasteiger partial charge in [-0.15, -0.1) is 6.61 Å². The van der Waals surface area contributed by atoms with Crippen LogP contribution in [0.4, 0.5) is 0 Å². The normalized spacial score (nSPS) is 24.6. The molecule has 0 saturated carbocycles. The maximum absolute atomic E-state index is 10.6. The van der Waals surface area contributed by atoms with Gasteiger partial charge in [-0.05, 0) is 70.2 Å². The first-order chi connectivity index (χ1) is 8.70. The summed E-state index contributed by atoms with van der Waals surface area (Å²) >= 11 is 0. The zero-order valence-electron chi connectivity index (χ0n) is 13.1. The average molecular weight is 293 g/mol. The number of hydrogen-bond donors (Lipinski definition) is 0. The first-order valence-electron chi connectivity index (χ1n) is 7.75. The number of likely N-dealkylation sites (tertiary alicyclic amines) is 2. The van der Waals surface area contributed by atoms with Crippen LogP contribution in [-0.2, 0) is 0 Å². The van der Waals surface area contributed by atoms with Gasteiger partial charge in [-0.3, -0.25) is 0 Å². The first kappa shape index (κ1) is 18.6. The van der Waals surface area contributed by atoms with Crippen LogP contribution in [0, 0.1) is 11.8 Å². The van der Waals surface area contributed by atoms with Gasteiger partial charge in [0.1, 0.15) is 0 Å². The van der Waals surface area contributed by atoms with E-state index < -0.39 is 0 Å². The van der Waals surface area contributed by atoms with Gasteiger partial charge in [-0.25, -0.2) is 0 Å². The van der Waals surface area contributed by atoms with Crippen LogP contribution in [0.15, 0.2) is 0 Å². The van der Waals surface area contributed by atoms with E-state index in [1.807, 2.05) is 0 Å². The largest absolute Gasteiger partial charge is 1.00 e. The summed E-state index contributed by atoms with van der Waals surface area (Å²) in [6.07, 6.45) is 5.32. The maximum atomic E-state index is 10.6. The van der Waals surface area contributed by atoms with E-state index >= 15 is 0 Å². The zero-order chi connectivity index (χ0) is 13.0. The molecule has 0 aromatic heterocycles. The third-order valence-electron chi connectivity index (χ3n) is 5.00. The standard InChI is InChI=1S/C15H29N2O.K/c1-13(2)14-3-9-17(10-4-14)15-5-7-16(8-6-15)11-12-18;/h13-15H,3-12H2,1-2H3;/q-1;+1. The van der Waals surface area contributed by atoms with Crippen molar-refractivity contribution in [2.45, 2.75) is 45.6 Å². The summed E-state index contributed by atoms with van der Waals surface area (Å²) < 4.78 is 0. The van der Waals surface area contributed by atoms with Crippen molar-refractivity contribution in [3.8, 4) is 0 Å². The molecule has 2 rings (SSSR count). The van der Waals surface area contributed by atoms with E-state index in [9.17, 15) is 5.11 Å². The molecule has 2 aliphatic rings. The number of hydrogen-bond acceptors (Lipinski definition) is 3. The van der Waals surface area contributed by atoms with Gasteiger partial charge < -0.3 is 14.9 Å². The first-order valence-corrected chi connectivity index (χ1v) is 7.75. The van der Waals surface area contributed by atoms with E-state index in [2.05, 4.69) is 23.6 Å². The molecule has 0 bridgehead atoms. The van der Waals surface area contributed by atoms with Crippen LogP contribution in [0.25, 0.3) is 0 Å². The summed E-state index contributed by atoms with van der Waals surface area (Å²) in [6.45, 7) is 10.4. The molecule has 19 heavy (non-hydrogen) atoms. The van der Waals surface area contributed by atoms with Crippen LogP contribution >= 0.6 is 0 Å². The Kier molecular flexibility index (Phi) is 9.30.